The normalized spacial score (nSPS) is 16.4. The second kappa shape index (κ2) is 6.74. The summed E-state index contributed by atoms with van der Waals surface area (Å²) in [5, 5.41) is 3.39. The molecule has 0 spiro atoms. The van der Waals surface area contributed by atoms with Crippen molar-refractivity contribution in [2.24, 2.45) is 5.92 Å². The highest BCUT2D eigenvalue weighted by Gasteiger charge is 2.13. The van der Waals surface area contributed by atoms with Gasteiger partial charge in [-0.2, -0.15) is 0 Å². The third-order valence-corrected chi connectivity index (χ3v) is 4.40. The van der Waals surface area contributed by atoms with Gasteiger partial charge in [0.2, 0.25) is 0 Å². The van der Waals surface area contributed by atoms with Gasteiger partial charge in [0.15, 0.2) is 0 Å². The third kappa shape index (κ3) is 4.25. The highest BCUT2D eigenvalue weighted by Crippen LogP contribution is 2.28. The number of nitrogens with zero attached hydrogens (tertiary/aromatic N) is 1. The smallest absolute Gasteiger partial charge is 0.140 e. The minimum atomic E-state index is 0.944. The molecular formula is C13H18Br2N2. The SMILES string of the molecule is Brc1cnc(NCCCC2CCCC2)c(Br)c1. The van der Waals surface area contributed by atoms with Crippen LogP contribution in [0.2, 0.25) is 0 Å². The lowest BCUT2D eigenvalue weighted by molar-refractivity contribution is 0.491. The van der Waals surface area contributed by atoms with Gasteiger partial charge in [-0.25, -0.2) is 4.98 Å². The average molecular weight is 362 g/mol. The van der Waals surface area contributed by atoms with Gasteiger partial charge < -0.3 is 5.32 Å². The zero-order valence-electron chi connectivity index (χ0n) is 9.88. The number of nitrogens with one attached hydrogen (secondary N) is 1. The molecule has 4 heteroatoms. The first-order valence-electron chi connectivity index (χ1n) is 6.30. The van der Waals surface area contributed by atoms with Crippen LogP contribution in [0.25, 0.3) is 0 Å². The molecular weight excluding hydrogens is 344 g/mol. The summed E-state index contributed by atoms with van der Waals surface area (Å²) in [5.74, 6) is 1.93. The fourth-order valence-corrected chi connectivity index (χ4v) is 3.57. The summed E-state index contributed by atoms with van der Waals surface area (Å²) in [6.45, 7) is 1.02. The number of pyridine rings is 1. The van der Waals surface area contributed by atoms with Crippen LogP contribution in [0.1, 0.15) is 38.5 Å². The molecule has 0 radical (unpaired) electrons. The van der Waals surface area contributed by atoms with E-state index >= 15 is 0 Å². The molecule has 0 saturated heterocycles. The van der Waals surface area contributed by atoms with Crippen LogP contribution in [0.3, 0.4) is 0 Å². The van der Waals surface area contributed by atoms with Gasteiger partial charge in [-0.05, 0) is 56.7 Å². The Morgan fingerprint density at radius 2 is 2.06 bits per heavy atom. The van der Waals surface area contributed by atoms with Crippen molar-refractivity contribution >= 4 is 37.7 Å². The fraction of sp³-hybridized carbons (Fsp3) is 0.615. The molecule has 94 valence electrons. The van der Waals surface area contributed by atoms with Gasteiger partial charge in [-0.1, -0.05) is 25.7 Å². The van der Waals surface area contributed by atoms with Gasteiger partial charge in [-0.15, -0.1) is 0 Å². The molecule has 0 aromatic carbocycles. The van der Waals surface area contributed by atoms with Gasteiger partial charge in [-0.3, -0.25) is 0 Å². The van der Waals surface area contributed by atoms with E-state index in [-0.39, 0.29) is 0 Å². The quantitative estimate of drug-likeness (QED) is 0.747. The minimum Gasteiger partial charge on any atom is -0.369 e. The van der Waals surface area contributed by atoms with Crippen molar-refractivity contribution in [3.8, 4) is 0 Å². The molecule has 1 aliphatic carbocycles. The van der Waals surface area contributed by atoms with Gasteiger partial charge in [0.1, 0.15) is 5.82 Å². The molecule has 2 nitrogen and oxygen atoms in total. The van der Waals surface area contributed by atoms with Crippen molar-refractivity contribution in [3.63, 3.8) is 0 Å². The first-order chi connectivity index (χ1) is 8.25. The van der Waals surface area contributed by atoms with Crippen LogP contribution in [0.5, 0.6) is 0 Å². The molecule has 1 heterocycles. The van der Waals surface area contributed by atoms with E-state index in [4.69, 9.17) is 0 Å². The molecule has 0 bridgehead atoms. The highest BCUT2D eigenvalue weighted by molar-refractivity contribution is 9.11. The molecule has 0 amide bonds. The summed E-state index contributed by atoms with van der Waals surface area (Å²) in [6, 6.07) is 2.02. The molecule has 1 aromatic heterocycles. The third-order valence-electron chi connectivity index (χ3n) is 3.36. The van der Waals surface area contributed by atoms with Gasteiger partial charge in [0.25, 0.3) is 0 Å². The molecule has 1 aliphatic rings. The van der Waals surface area contributed by atoms with Crippen LogP contribution in [0.15, 0.2) is 21.2 Å². The molecule has 1 N–H and O–H groups in total. The summed E-state index contributed by atoms with van der Waals surface area (Å²) in [4.78, 5) is 4.34. The van der Waals surface area contributed by atoms with Crippen LogP contribution in [0, 0.1) is 5.92 Å². The standard InChI is InChI=1S/C13H18Br2N2/c14-11-8-12(15)13(17-9-11)16-7-3-6-10-4-1-2-5-10/h8-10H,1-7H2,(H,16,17). The van der Waals surface area contributed by atoms with Crippen LogP contribution >= 0.6 is 31.9 Å². The summed E-state index contributed by atoms with van der Waals surface area (Å²) in [5.41, 5.74) is 0. The first-order valence-corrected chi connectivity index (χ1v) is 7.89. The van der Waals surface area contributed by atoms with Crippen molar-refractivity contribution < 1.29 is 0 Å². The molecule has 2 rings (SSSR count). The lowest BCUT2D eigenvalue weighted by Gasteiger charge is -2.10. The number of hydrogen-bond donors (Lipinski definition) is 1. The predicted octanol–water partition coefficient (Wildman–Crippen LogP) is 4.99. The van der Waals surface area contributed by atoms with Crippen molar-refractivity contribution in [2.75, 3.05) is 11.9 Å². The monoisotopic (exact) mass is 360 g/mol. The predicted molar refractivity (Wildman–Crippen MR) is 79.3 cm³/mol. The van der Waals surface area contributed by atoms with Crippen LogP contribution in [-0.4, -0.2) is 11.5 Å². The number of halogens is 2. The largest absolute Gasteiger partial charge is 0.369 e. The van der Waals surface area contributed by atoms with E-state index in [9.17, 15) is 0 Å². The van der Waals surface area contributed by atoms with Crippen molar-refractivity contribution in [1.29, 1.82) is 0 Å². The number of hydrogen-bond acceptors (Lipinski definition) is 2. The molecule has 1 aromatic rings. The Morgan fingerprint density at radius 3 is 2.76 bits per heavy atom. The van der Waals surface area contributed by atoms with Crippen LogP contribution in [-0.2, 0) is 0 Å². The Morgan fingerprint density at radius 1 is 1.29 bits per heavy atom. The van der Waals surface area contributed by atoms with Gasteiger partial charge >= 0.3 is 0 Å². The molecule has 17 heavy (non-hydrogen) atoms. The van der Waals surface area contributed by atoms with E-state index in [1.807, 2.05) is 12.3 Å². The lowest BCUT2D eigenvalue weighted by atomic mass is 10.0. The minimum absolute atomic E-state index is 0.944. The summed E-state index contributed by atoms with van der Waals surface area (Å²) in [6.07, 6.45) is 10.2. The Balaban J connectivity index is 1.70. The topological polar surface area (TPSA) is 24.9 Å². The molecule has 1 fully saturated rings. The van der Waals surface area contributed by atoms with E-state index < -0.39 is 0 Å². The molecule has 0 atom stereocenters. The maximum atomic E-state index is 4.34. The number of aromatic nitrogens is 1. The second-order valence-electron chi connectivity index (χ2n) is 4.70. The summed E-state index contributed by atoms with van der Waals surface area (Å²) in [7, 11) is 0. The van der Waals surface area contributed by atoms with E-state index in [2.05, 4.69) is 42.2 Å². The zero-order chi connectivity index (χ0) is 12.1. The number of anilines is 1. The maximum absolute atomic E-state index is 4.34. The average Bonchev–Trinajstić information content (AvgIpc) is 2.79. The zero-order valence-corrected chi connectivity index (χ0v) is 13.1. The Bertz CT molecular complexity index is 362. The van der Waals surface area contributed by atoms with Crippen molar-refractivity contribution in [3.05, 3.63) is 21.2 Å². The number of rotatable bonds is 5. The second-order valence-corrected chi connectivity index (χ2v) is 6.47. The van der Waals surface area contributed by atoms with Crippen molar-refractivity contribution in [1.82, 2.24) is 4.98 Å². The Labute approximate surface area is 120 Å². The molecule has 0 unspecified atom stereocenters. The summed E-state index contributed by atoms with van der Waals surface area (Å²) >= 11 is 6.91. The van der Waals surface area contributed by atoms with E-state index in [0.717, 1.165) is 27.2 Å². The van der Waals surface area contributed by atoms with Gasteiger partial charge in [0.05, 0.1) is 4.47 Å². The molecule has 1 saturated carbocycles. The van der Waals surface area contributed by atoms with E-state index in [1.165, 1.54) is 38.5 Å². The Hall–Kier alpha value is -0.0900. The highest BCUT2D eigenvalue weighted by atomic mass is 79.9. The van der Waals surface area contributed by atoms with Crippen LogP contribution < -0.4 is 5.32 Å². The molecule has 0 aliphatic heterocycles. The van der Waals surface area contributed by atoms with Gasteiger partial charge in [0, 0.05) is 17.2 Å². The summed E-state index contributed by atoms with van der Waals surface area (Å²) < 4.78 is 2.02. The van der Waals surface area contributed by atoms with Crippen LogP contribution in [0.4, 0.5) is 5.82 Å². The fourth-order valence-electron chi connectivity index (χ4n) is 2.44. The Kier molecular flexibility index (Phi) is 5.29. The lowest BCUT2D eigenvalue weighted by Crippen LogP contribution is -2.06. The maximum Gasteiger partial charge on any atom is 0.140 e. The first kappa shape index (κ1) is 13.3. The van der Waals surface area contributed by atoms with Crippen molar-refractivity contribution in [2.45, 2.75) is 38.5 Å². The van der Waals surface area contributed by atoms with E-state index in [1.54, 1.807) is 0 Å². The van der Waals surface area contributed by atoms with E-state index in [0.29, 0.717) is 0 Å².